The first-order valence-electron chi connectivity index (χ1n) is 7.47. The van der Waals surface area contributed by atoms with Crippen molar-refractivity contribution in [3.63, 3.8) is 0 Å². The molecule has 1 aromatic rings. The Bertz CT molecular complexity index is 491. The van der Waals surface area contributed by atoms with Crippen molar-refractivity contribution < 1.29 is 18.3 Å². The third-order valence-electron chi connectivity index (χ3n) is 4.39. The summed E-state index contributed by atoms with van der Waals surface area (Å²) >= 11 is 0. The molecule has 1 saturated heterocycles. The summed E-state index contributed by atoms with van der Waals surface area (Å²) in [7, 11) is 3.95. The Hall–Kier alpha value is -1.11. The Kier molecular flexibility index (Phi) is 5.47. The van der Waals surface area contributed by atoms with Gasteiger partial charge in [0.2, 0.25) is 0 Å². The summed E-state index contributed by atoms with van der Waals surface area (Å²) in [5, 5.41) is 9.54. The zero-order valence-electron chi connectivity index (χ0n) is 13.0. The van der Waals surface area contributed by atoms with Gasteiger partial charge in [0.1, 0.15) is 0 Å². The smallest absolute Gasteiger partial charge is 0.396 e. The van der Waals surface area contributed by atoms with Crippen LogP contribution in [-0.4, -0.2) is 54.7 Å². The third-order valence-corrected chi connectivity index (χ3v) is 4.39. The van der Waals surface area contributed by atoms with Crippen LogP contribution in [0.2, 0.25) is 0 Å². The largest absolute Gasteiger partial charge is 0.416 e. The first-order chi connectivity index (χ1) is 10.3. The monoisotopic (exact) mass is 316 g/mol. The zero-order valence-corrected chi connectivity index (χ0v) is 13.0. The summed E-state index contributed by atoms with van der Waals surface area (Å²) < 4.78 is 39.1. The second-order valence-electron chi connectivity index (χ2n) is 6.15. The summed E-state index contributed by atoms with van der Waals surface area (Å²) in [4.78, 5) is 4.09. The van der Waals surface area contributed by atoms with Gasteiger partial charge in [-0.3, -0.25) is 4.90 Å². The van der Waals surface area contributed by atoms with Crippen molar-refractivity contribution in [3.8, 4) is 0 Å². The summed E-state index contributed by atoms with van der Waals surface area (Å²) in [6.07, 6.45) is -3.47. The molecule has 0 aromatic heterocycles. The minimum absolute atomic E-state index is 0.0558. The molecule has 3 nitrogen and oxygen atoms in total. The van der Waals surface area contributed by atoms with E-state index in [2.05, 4.69) is 4.90 Å². The maximum absolute atomic E-state index is 13.0. The van der Waals surface area contributed by atoms with Gasteiger partial charge in [-0.15, -0.1) is 0 Å². The van der Waals surface area contributed by atoms with Gasteiger partial charge in [-0.05, 0) is 38.7 Å². The minimum atomic E-state index is -4.32. The van der Waals surface area contributed by atoms with E-state index in [4.69, 9.17) is 0 Å². The fraction of sp³-hybridized carbons (Fsp3) is 0.625. The Morgan fingerprint density at radius 3 is 2.55 bits per heavy atom. The molecule has 1 N–H and O–H groups in total. The number of hydrogen-bond acceptors (Lipinski definition) is 3. The number of nitrogens with zero attached hydrogens (tertiary/aromatic N) is 2. The molecule has 124 valence electrons. The maximum Gasteiger partial charge on any atom is 0.416 e. The van der Waals surface area contributed by atoms with E-state index in [0.717, 1.165) is 19.0 Å². The third kappa shape index (κ3) is 4.00. The van der Waals surface area contributed by atoms with Gasteiger partial charge >= 0.3 is 6.18 Å². The molecular weight excluding hydrogens is 293 g/mol. The van der Waals surface area contributed by atoms with Crippen LogP contribution in [0, 0.1) is 5.92 Å². The van der Waals surface area contributed by atoms with E-state index in [1.165, 1.54) is 12.1 Å². The average molecular weight is 316 g/mol. The molecule has 0 bridgehead atoms. The van der Waals surface area contributed by atoms with Crippen LogP contribution in [0.5, 0.6) is 0 Å². The van der Waals surface area contributed by atoms with Crippen molar-refractivity contribution in [2.75, 3.05) is 33.8 Å². The fourth-order valence-electron chi connectivity index (χ4n) is 3.27. The first-order valence-corrected chi connectivity index (χ1v) is 7.47. The van der Waals surface area contributed by atoms with E-state index in [-0.39, 0.29) is 25.1 Å². The molecule has 0 amide bonds. The van der Waals surface area contributed by atoms with E-state index < -0.39 is 11.7 Å². The summed E-state index contributed by atoms with van der Waals surface area (Å²) in [6.45, 7) is 1.68. The van der Waals surface area contributed by atoms with E-state index in [9.17, 15) is 18.3 Å². The quantitative estimate of drug-likeness (QED) is 0.924. The number of aliphatic hydroxyl groups excluding tert-OH is 1. The normalized spacial score (nSPS) is 24.0. The Balaban J connectivity index is 2.10. The number of aliphatic hydroxyl groups is 1. The van der Waals surface area contributed by atoms with Gasteiger partial charge in [-0.1, -0.05) is 18.2 Å². The van der Waals surface area contributed by atoms with Crippen LogP contribution >= 0.6 is 0 Å². The van der Waals surface area contributed by atoms with Gasteiger partial charge in [0.05, 0.1) is 5.56 Å². The van der Waals surface area contributed by atoms with Gasteiger partial charge in [0, 0.05) is 31.7 Å². The van der Waals surface area contributed by atoms with Crippen LogP contribution in [0.25, 0.3) is 0 Å². The van der Waals surface area contributed by atoms with Crippen LogP contribution < -0.4 is 0 Å². The molecule has 1 aromatic carbocycles. The van der Waals surface area contributed by atoms with Crippen molar-refractivity contribution in [3.05, 3.63) is 35.4 Å². The predicted molar refractivity (Wildman–Crippen MR) is 79.4 cm³/mol. The Morgan fingerprint density at radius 1 is 1.27 bits per heavy atom. The first kappa shape index (κ1) is 17.2. The summed E-state index contributed by atoms with van der Waals surface area (Å²) in [5.41, 5.74) is -0.264. The highest BCUT2D eigenvalue weighted by Gasteiger charge is 2.35. The molecule has 0 radical (unpaired) electrons. The van der Waals surface area contributed by atoms with Crippen LogP contribution in [-0.2, 0) is 12.7 Å². The number of benzene rings is 1. The van der Waals surface area contributed by atoms with Crippen LogP contribution in [0.15, 0.2) is 24.3 Å². The topological polar surface area (TPSA) is 26.7 Å². The second-order valence-corrected chi connectivity index (χ2v) is 6.15. The van der Waals surface area contributed by atoms with Gasteiger partial charge < -0.3 is 10.0 Å². The van der Waals surface area contributed by atoms with E-state index in [1.807, 2.05) is 19.0 Å². The molecule has 0 aliphatic carbocycles. The molecule has 1 fully saturated rings. The predicted octanol–water partition coefficient (Wildman–Crippen LogP) is 2.45. The molecule has 1 aliphatic rings. The van der Waals surface area contributed by atoms with Gasteiger partial charge in [-0.25, -0.2) is 0 Å². The molecule has 6 heteroatoms. The van der Waals surface area contributed by atoms with E-state index >= 15 is 0 Å². The number of piperidine rings is 1. The molecule has 2 unspecified atom stereocenters. The van der Waals surface area contributed by atoms with Crippen molar-refractivity contribution in [1.29, 1.82) is 0 Å². The van der Waals surface area contributed by atoms with Gasteiger partial charge in [0.15, 0.2) is 0 Å². The van der Waals surface area contributed by atoms with Crippen LogP contribution in [0.3, 0.4) is 0 Å². The summed E-state index contributed by atoms with van der Waals surface area (Å²) in [6, 6.07) is 6.00. The fourth-order valence-corrected chi connectivity index (χ4v) is 3.27. The summed E-state index contributed by atoms with van der Waals surface area (Å²) in [5.74, 6) is 0.0711. The molecule has 22 heavy (non-hydrogen) atoms. The van der Waals surface area contributed by atoms with Crippen LogP contribution in [0.1, 0.15) is 17.5 Å². The lowest BCUT2D eigenvalue weighted by Crippen LogP contribution is -2.49. The minimum Gasteiger partial charge on any atom is -0.396 e. The number of likely N-dealkylation sites (tertiary alicyclic amines) is 1. The molecule has 2 rings (SSSR count). The molecule has 2 atom stereocenters. The van der Waals surface area contributed by atoms with Crippen molar-refractivity contribution in [2.45, 2.75) is 25.2 Å². The standard InChI is InChI=1S/C16H23F3N2O/c1-20(2)15-7-8-21(10-13(15)11-22)9-12-5-3-4-6-14(12)16(17,18)19/h3-6,13,15,22H,7-11H2,1-2H3. The molecule has 0 spiro atoms. The van der Waals surface area contributed by atoms with Crippen LogP contribution in [0.4, 0.5) is 13.2 Å². The highest BCUT2D eigenvalue weighted by Crippen LogP contribution is 2.33. The zero-order chi connectivity index (χ0) is 16.3. The van der Waals surface area contributed by atoms with Crippen molar-refractivity contribution in [2.24, 2.45) is 5.92 Å². The number of halogens is 3. The Labute approximate surface area is 129 Å². The molecular formula is C16H23F3N2O. The molecule has 0 saturated carbocycles. The molecule has 1 aliphatic heterocycles. The van der Waals surface area contributed by atoms with E-state index in [1.54, 1.807) is 6.07 Å². The highest BCUT2D eigenvalue weighted by atomic mass is 19.4. The lowest BCUT2D eigenvalue weighted by atomic mass is 9.91. The highest BCUT2D eigenvalue weighted by molar-refractivity contribution is 5.29. The Morgan fingerprint density at radius 2 is 1.95 bits per heavy atom. The average Bonchev–Trinajstić information content (AvgIpc) is 2.46. The number of alkyl halides is 3. The SMILES string of the molecule is CN(C)C1CCN(Cc2ccccc2C(F)(F)F)CC1CO. The molecule has 1 heterocycles. The lowest BCUT2D eigenvalue weighted by molar-refractivity contribution is -0.138. The van der Waals surface area contributed by atoms with E-state index in [0.29, 0.717) is 12.1 Å². The number of hydrogen-bond donors (Lipinski definition) is 1. The lowest BCUT2D eigenvalue weighted by Gasteiger charge is -2.41. The second kappa shape index (κ2) is 6.98. The number of rotatable bonds is 4. The van der Waals surface area contributed by atoms with Crippen molar-refractivity contribution >= 4 is 0 Å². The maximum atomic E-state index is 13.0. The van der Waals surface area contributed by atoms with Gasteiger partial charge in [-0.2, -0.15) is 13.2 Å². The van der Waals surface area contributed by atoms with Gasteiger partial charge in [0.25, 0.3) is 0 Å². The van der Waals surface area contributed by atoms with Crippen molar-refractivity contribution in [1.82, 2.24) is 9.80 Å².